The molecule has 0 radical (unpaired) electrons. The molecule has 0 aromatic rings. The number of phosphoric acid groups is 1. The van der Waals surface area contributed by atoms with Crippen molar-refractivity contribution in [1.29, 1.82) is 0 Å². The van der Waals surface area contributed by atoms with E-state index in [0.29, 0.717) is 17.4 Å². The molecule has 9 heteroatoms. The van der Waals surface area contributed by atoms with Gasteiger partial charge in [0, 0.05) is 6.42 Å². The number of amides is 1. The lowest BCUT2D eigenvalue weighted by Gasteiger charge is -2.29. The second-order valence-corrected chi connectivity index (χ2v) is 19.9. The van der Waals surface area contributed by atoms with Gasteiger partial charge in [-0.2, -0.15) is 0 Å². The lowest BCUT2D eigenvalue weighted by Crippen LogP contribution is -2.45. The van der Waals surface area contributed by atoms with Crippen LogP contribution in [0.25, 0.3) is 0 Å². The van der Waals surface area contributed by atoms with Gasteiger partial charge >= 0.3 is 0 Å². The van der Waals surface area contributed by atoms with Gasteiger partial charge in [-0.1, -0.05) is 224 Å². The van der Waals surface area contributed by atoms with Crippen molar-refractivity contribution in [3.63, 3.8) is 0 Å². The van der Waals surface area contributed by atoms with Crippen molar-refractivity contribution < 1.29 is 32.9 Å². The number of nitrogens with one attached hydrogen (secondary N) is 1. The molecule has 0 aromatic carbocycles. The molecule has 59 heavy (non-hydrogen) atoms. The first-order chi connectivity index (χ1) is 28.5. The fraction of sp³-hybridized carbons (Fsp3) is 0.900. The van der Waals surface area contributed by atoms with Crippen LogP contribution in [0, 0.1) is 0 Å². The number of rotatable bonds is 46. The first-order valence-corrected chi connectivity index (χ1v) is 26.7. The quantitative estimate of drug-likeness (QED) is 0.0273. The third-order valence-electron chi connectivity index (χ3n) is 11.4. The molecule has 0 spiro atoms. The molecule has 350 valence electrons. The molecule has 0 aliphatic carbocycles. The molecule has 0 aliphatic heterocycles. The highest BCUT2D eigenvalue weighted by Gasteiger charge is 2.23. The van der Waals surface area contributed by atoms with E-state index in [1.807, 2.05) is 27.2 Å². The van der Waals surface area contributed by atoms with Crippen LogP contribution in [0.1, 0.15) is 239 Å². The van der Waals surface area contributed by atoms with Gasteiger partial charge in [0.1, 0.15) is 13.2 Å². The Hall–Kier alpha value is -1.02. The largest absolute Gasteiger partial charge is 0.756 e. The Morgan fingerprint density at radius 3 is 1.37 bits per heavy atom. The molecule has 0 heterocycles. The monoisotopic (exact) mass is 855 g/mol. The van der Waals surface area contributed by atoms with Crippen LogP contribution >= 0.6 is 7.82 Å². The summed E-state index contributed by atoms with van der Waals surface area (Å²) in [6.45, 7) is 4.65. The molecule has 0 saturated carbocycles. The van der Waals surface area contributed by atoms with Crippen LogP contribution in [0.5, 0.6) is 0 Å². The van der Waals surface area contributed by atoms with E-state index in [1.54, 1.807) is 6.08 Å². The summed E-state index contributed by atoms with van der Waals surface area (Å²) >= 11 is 0. The lowest BCUT2D eigenvalue weighted by atomic mass is 10.0. The minimum absolute atomic E-state index is 0.00398. The van der Waals surface area contributed by atoms with Gasteiger partial charge in [-0.15, -0.1) is 0 Å². The van der Waals surface area contributed by atoms with E-state index in [0.717, 1.165) is 38.5 Å². The average molecular weight is 855 g/mol. The number of nitrogens with zero attached hydrogens (tertiary/aromatic N) is 1. The number of unbranched alkanes of at least 4 members (excludes halogenated alkanes) is 31. The second kappa shape index (κ2) is 42.3. The van der Waals surface area contributed by atoms with Crippen molar-refractivity contribution in [2.24, 2.45) is 0 Å². The zero-order valence-electron chi connectivity index (χ0n) is 39.7. The summed E-state index contributed by atoms with van der Waals surface area (Å²) in [6.07, 6.45) is 50.9. The minimum atomic E-state index is -4.60. The maximum Gasteiger partial charge on any atom is 0.268 e. The van der Waals surface area contributed by atoms with E-state index >= 15 is 0 Å². The summed E-state index contributed by atoms with van der Waals surface area (Å²) in [6, 6.07) is -0.898. The lowest BCUT2D eigenvalue weighted by molar-refractivity contribution is -0.870. The Morgan fingerprint density at radius 2 is 0.949 bits per heavy atom. The van der Waals surface area contributed by atoms with E-state index in [1.165, 1.54) is 180 Å². The molecular formula is C50H99N2O6P. The molecule has 8 nitrogen and oxygen atoms in total. The van der Waals surface area contributed by atoms with Crippen molar-refractivity contribution >= 4 is 13.7 Å². The van der Waals surface area contributed by atoms with Crippen LogP contribution in [0.3, 0.4) is 0 Å². The summed E-state index contributed by atoms with van der Waals surface area (Å²) in [7, 11) is 1.25. The topological polar surface area (TPSA) is 108 Å². The molecule has 1 amide bonds. The molecule has 2 N–H and O–H groups in total. The Bertz CT molecular complexity index is 1020. The minimum Gasteiger partial charge on any atom is -0.756 e. The normalized spacial score (nSPS) is 14.4. The van der Waals surface area contributed by atoms with Crippen LogP contribution in [0.4, 0.5) is 0 Å². The third kappa shape index (κ3) is 44.8. The Morgan fingerprint density at radius 1 is 0.576 bits per heavy atom. The highest BCUT2D eigenvalue weighted by atomic mass is 31.2. The van der Waals surface area contributed by atoms with Crippen LogP contribution in [-0.2, 0) is 18.4 Å². The number of hydrogen-bond acceptors (Lipinski definition) is 6. The number of carbonyl (C=O) groups excluding carboxylic acids is 1. The highest BCUT2D eigenvalue weighted by Crippen LogP contribution is 2.38. The van der Waals surface area contributed by atoms with Crippen molar-refractivity contribution in [1.82, 2.24) is 5.32 Å². The van der Waals surface area contributed by atoms with E-state index in [-0.39, 0.29) is 19.1 Å². The molecule has 0 aromatic heterocycles. The Labute approximate surface area is 366 Å². The molecule has 0 fully saturated rings. The predicted octanol–water partition coefficient (Wildman–Crippen LogP) is 13.8. The van der Waals surface area contributed by atoms with E-state index < -0.39 is 20.0 Å². The number of quaternary nitrogens is 1. The summed E-state index contributed by atoms with van der Waals surface area (Å²) in [5.74, 6) is -0.204. The average Bonchev–Trinajstić information content (AvgIpc) is 3.19. The van der Waals surface area contributed by atoms with Gasteiger partial charge in [-0.3, -0.25) is 9.36 Å². The van der Waals surface area contributed by atoms with Crippen molar-refractivity contribution in [2.45, 2.75) is 251 Å². The first-order valence-electron chi connectivity index (χ1n) is 25.2. The highest BCUT2D eigenvalue weighted by molar-refractivity contribution is 7.45. The SMILES string of the molecule is CCCCCCCCCCCCCCCC/C=C/CC/C=C/C(O)C(COP(=O)([O-])OCC[N+](C)(C)C)NC(=O)CCCCCCCCCCCCCCCCCCC. The van der Waals surface area contributed by atoms with E-state index in [2.05, 4.69) is 31.3 Å². The number of likely N-dealkylation sites (N-methyl/N-ethyl adjacent to an activating group) is 1. The Kier molecular flexibility index (Phi) is 41.6. The molecule has 0 saturated heterocycles. The zero-order chi connectivity index (χ0) is 43.6. The fourth-order valence-electron chi connectivity index (χ4n) is 7.41. The number of carbonyl (C=O) groups is 1. The van der Waals surface area contributed by atoms with Gasteiger partial charge in [-0.25, -0.2) is 0 Å². The van der Waals surface area contributed by atoms with Crippen LogP contribution in [0.2, 0.25) is 0 Å². The molecule has 0 rings (SSSR count). The van der Waals surface area contributed by atoms with Gasteiger partial charge in [0.15, 0.2) is 0 Å². The third-order valence-corrected chi connectivity index (χ3v) is 12.4. The van der Waals surface area contributed by atoms with Crippen LogP contribution in [-0.4, -0.2) is 68.5 Å². The summed E-state index contributed by atoms with van der Waals surface area (Å²) < 4.78 is 23.3. The first kappa shape index (κ1) is 58.0. The number of phosphoric ester groups is 1. The summed E-state index contributed by atoms with van der Waals surface area (Å²) in [5.41, 5.74) is 0. The van der Waals surface area contributed by atoms with Crippen molar-refractivity contribution in [2.75, 3.05) is 40.9 Å². The second-order valence-electron chi connectivity index (χ2n) is 18.5. The van der Waals surface area contributed by atoms with Gasteiger partial charge in [0.05, 0.1) is 39.9 Å². The van der Waals surface area contributed by atoms with Gasteiger partial charge in [-0.05, 0) is 32.1 Å². The Balaban J connectivity index is 4.36. The number of allylic oxidation sites excluding steroid dienone is 3. The van der Waals surface area contributed by atoms with E-state index in [9.17, 15) is 19.4 Å². The smallest absolute Gasteiger partial charge is 0.268 e. The summed E-state index contributed by atoms with van der Waals surface area (Å²) in [4.78, 5) is 25.4. The standard InChI is InChI=1S/C50H99N2O6P/c1-6-8-10-12-14-16-18-20-22-24-25-26-28-29-31-33-35-37-39-41-43-49(53)48(47-58-59(55,56)57-46-45-52(3,4)5)51-50(54)44-42-40-38-36-34-32-30-27-23-21-19-17-15-13-11-9-7-2/h33,35,41,43,48-49,53H,6-32,34,36-40,42,44-47H2,1-5H3,(H-,51,54,55,56)/b35-33+,43-41+. The zero-order valence-corrected chi connectivity index (χ0v) is 40.6. The number of aliphatic hydroxyl groups excluding tert-OH is 1. The van der Waals surface area contributed by atoms with Crippen LogP contribution in [0.15, 0.2) is 24.3 Å². The molecule has 3 atom stereocenters. The predicted molar refractivity (Wildman–Crippen MR) is 252 cm³/mol. The molecular weight excluding hydrogens is 756 g/mol. The molecule has 0 bridgehead atoms. The van der Waals surface area contributed by atoms with Gasteiger partial charge < -0.3 is 28.8 Å². The van der Waals surface area contributed by atoms with Crippen molar-refractivity contribution in [3.05, 3.63) is 24.3 Å². The maximum atomic E-state index is 12.9. The molecule has 3 unspecified atom stereocenters. The molecule has 0 aliphatic rings. The maximum absolute atomic E-state index is 12.9. The van der Waals surface area contributed by atoms with Crippen LogP contribution < -0.4 is 10.2 Å². The number of aliphatic hydroxyl groups is 1. The van der Waals surface area contributed by atoms with Gasteiger partial charge in [0.2, 0.25) is 5.91 Å². The van der Waals surface area contributed by atoms with Gasteiger partial charge in [0.25, 0.3) is 7.82 Å². The summed E-state index contributed by atoms with van der Waals surface area (Å²) in [5, 5.41) is 13.8. The van der Waals surface area contributed by atoms with Crippen molar-refractivity contribution in [3.8, 4) is 0 Å². The number of hydrogen-bond donors (Lipinski definition) is 2. The van der Waals surface area contributed by atoms with E-state index in [4.69, 9.17) is 9.05 Å². The fourth-order valence-corrected chi connectivity index (χ4v) is 8.13.